The fraction of sp³-hybridized carbons (Fsp3) is 0.217. The lowest BCUT2D eigenvalue weighted by molar-refractivity contribution is -0.119. The molecule has 29 heavy (non-hydrogen) atoms. The van der Waals surface area contributed by atoms with Crippen molar-refractivity contribution in [1.82, 2.24) is 5.32 Å². The highest BCUT2D eigenvalue weighted by Gasteiger charge is 2.30. The second-order valence-corrected chi connectivity index (χ2v) is 6.91. The quantitative estimate of drug-likeness (QED) is 0.679. The van der Waals surface area contributed by atoms with Crippen LogP contribution in [-0.4, -0.2) is 44.7 Å². The molecule has 6 nitrogen and oxygen atoms in total. The van der Waals surface area contributed by atoms with Gasteiger partial charge in [0.2, 0.25) is 5.91 Å². The number of esters is 1. The predicted octanol–water partition coefficient (Wildman–Crippen LogP) is 3.01. The molecule has 1 heterocycles. The molecule has 1 atom stereocenters. The monoisotopic (exact) mass is 390 g/mol. The number of carbonyl (C=O) groups is 2. The molecule has 148 valence electrons. The summed E-state index contributed by atoms with van der Waals surface area (Å²) in [6.45, 7) is 1.25. The van der Waals surface area contributed by atoms with E-state index >= 15 is 0 Å². The van der Waals surface area contributed by atoms with E-state index in [0.717, 1.165) is 22.2 Å². The van der Waals surface area contributed by atoms with Gasteiger partial charge in [0.15, 0.2) is 0 Å². The second-order valence-electron chi connectivity index (χ2n) is 6.91. The number of carbonyl (C=O) groups excluding carboxylic acids is 2. The van der Waals surface area contributed by atoms with Crippen molar-refractivity contribution < 1.29 is 19.1 Å². The van der Waals surface area contributed by atoms with Crippen molar-refractivity contribution in [3.63, 3.8) is 0 Å². The Morgan fingerprint density at radius 1 is 1.07 bits per heavy atom. The number of piperazine rings is 1. The standard InChI is InChI=1S/C23H22N2O4/c1-28-23(27)17-6-9-19(10-7-17)25-20(13-24-14-22(25)26)15-29-21-11-8-16-4-2-3-5-18(16)12-21/h2-12,20,24H,13-15H2,1H3/t20-/m1/s1. The Labute approximate surface area is 169 Å². The average molecular weight is 390 g/mol. The van der Waals surface area contributed by atoms with Crippen molar-refractivity contribution in [1.29, 1.82) is 0 Å². The Bertz CT molecular complexity index is 1030. The molecular weight excluding hydrogens is 368 g/mol. The van der Waals surface area contributed by atoms with E-state index in [2.05, 4.69) is 11.4 Å². The van der Waals surface area contributed by atoms with E-state index in [1.165, 1.54) is 7.11 Å². The van der Waals surface area contributed by atoms with Crippen LogP contribution in [0.3, 0.4) is 0 Å². The molecule has 1 aliphatic rings. The second kappa shape index (κ2) is 8.32. The average Bonchev–Trinajstić information content (AvgIpc) is 2.77. The molecular formula is C23H22N2O4. The molecule has 0 unspecified atom stereocenters. The highest BCUT2D eigenvalue weighted by molar-refractivity contribution is 5.97. The molecule has 0 aromatic heterocycles. The summed E-state index contributed by atoms with van der Waals surface area (Å²) in [5.41, 5.74) is 1.18. The molecule has 1 saturated heterocycles. The lowest BCUT2D eigenvalue weighted by Gasteiger charge is -2.36. The third kappa shape index (κ3) is 4.07. The van der Waals surface area contributed by atoms with E-state index in [4.69, 9.17) is 9.47 Å². The first-order valence-electron chi connectivity index (χ1n) is 9.48. The highest BCUT2D eigenvalue weighted by atomic mass is 16.5. The first-order chi connectivity index (χ1) is 14.2. The normalized spacial score (nSPS) is 16.7. The minimum Gasteiger partial charge on any atom is -0.491 e. The number of rotatable bonds is 5. The van der Waals surface area contributed by atoms with Gasteiger partial charge in [0.05, 0.1) is 25.3 Å². The molecule has 1 amide bonds. The molecule has 0 spiro atoms. The summed E-state index contributed by atoms with van der Waals surface area (Å²) in [6.07, 6.45) is 0. The van der Waals surface area contributed by atoms with Gasteiger partial charge in [-0.05, 0) is 47.2 Å². The van der Waals surface area contributed by atoms with Crippen LogP contribution < -0.4 is 15.0 Å². The number of hydrogen-bond acceptors (Lipinski definition) is 5. The number of hydrogen-bond donors (Lipinski definition) is 1. The molecule has 6 heteroatoms. The SMILES string of the molecule is COC(=O)c1ccc(N2C(=O)CNC[C@@H]2COc2ccc3ccccc3c2)cc1. The van der Waals surface area contributed by atoms with Crippen LogP contribution in [0.5, 0.6) is 5.75 Å². The predicted molar refractivity (Wildman–Crippen MR) is 111 cm³/mol. The van der Waals surface area contributed by atoms with E-state index in [1.807, 2.05) is 36.4 Å². The van der Waals surface area contributed by atoms with Crippen molar-refractivity contribution in [3.05, 3.63) is 72.3 Å². The van der Waals surface area contributed by atoms with E-state index in [9.17, 15) is 9.59 Å². The summed E-state index contributed by atoms with van der Waals surface area (Å²) in [6, 6.07) is 20.8. The van der Waals surface area contributed by atoms with E-state index in [0.29, 0.717) is 18.7 Å². The number of ether oxygens (including phenoxy) is 2. The van der Waals surface area contributed by atoms with Crippen LogP contribution in [0.15, 0.2) is 66.7 Å². The van der Waals surface area contributed by atoms with Gasteiger partial charge in [-0.1, -0.05) is 30.3 Å². The summed E-state index contributed by atoms with van der Waals surface area (Å²) in [5.74, 6) is 0.330. The number of nitrogens with one attached hydrogen (secondary N) is 1. The molecule has 4 rings (SSSR count). The number of nitrogens with zero attached hydrogens (tertiary/aromatic N) is 1. The maximum Gasteiger partial charge on any atom is 0.337 e. The molecule has 1 N–H and O–H groups in total. The summed E-state index contributed by atoms with van der Waals surface area (Å²) >= 11 is 0. The Morgan fingerprint density at radius 3 is 2.59 bits per heavy atom. The fourth-order valence-electron chi connectivity index (χ4n) is 3.54. The van der Waals surface area contributed by atoms with E-state index in [1.54, 1.807) is 29.2 Å². The molecule has 3 aromatic rings. The first-order valence-corrected chi connectivity index (χ1v) is 9.48. The minimum atomic E-state index is -0.403. The maximum absolute atomic E-state index is 12.6. The van der Waals surface area contributed by atoms with Crippen LogP contribution in [0, 0.1) is 0 Å². The van der Waals surface area contributed by atoms with Crippen molar-refractivity contribution in [2.24, 2.45) is 0 Å². The van der Waals surface area contributed by atoms with Crippen LogP contribution in [0.25, 0.3) is 10.8 Å². The van der Waals surface area contributed by atoms with Crippen molar-refractivity contribution >= 4 is 28.3 Å². The van der Waals surface area contributed by atoms with Gasteiger partial charge < -0.3 is 19.7 Å². The van der Waals surface area contributed by atoms with Gasteiger partial charge in [-0.25, -0.2) is 4.79 Å². The number of anilines is 1. The number of amides is 1. The van der Waals surface area contributed by atoms with Crippen LogP contribution >= 0.6 is 0 Å². The molecule has 0 saturated carbocycles. The van der Waals surface area contributed by atoms with E-state index in [-0.39, 0.29) is 18.5 Å². The van der Waals surface area contributed by atoms with Crippen LogP contribution in [0.4, 0.5) is 5.69 Å². The van der Waals surface area contributed by atoms with Gasteiger partial charge in [-0.2, -0.15) is 0 Å². The Morgan fingerprint density at radius 2 is 1.83 bits per heavy atom. The van der Waals surface area contributed by atoms with Crippen LogP contribution in [0.2, 0.25) is 0 Å². The summed E-state index contributed by atoms with van der Waals surface area (Å²) in [7, 11) is 1.34. The zero-order chi connectivity index (χ0) is 20.2. The zero-order valence-electron chi connectivity index (χ0n) is 16.1. The van der Waals surface area contributed by atoms with Gasteiger partial charge in [0, 0.05) is 12.2 Å². The molecule has 1 fully saturated rings. The van der Waals surface area contributed by atoms with E-state index < -0.39 is 5.97 Å². The van der Waals surface area contributed by atoms with Gasteiger partial charge in [-0.15, -0.1) is 0 Å². The van der Waals surface area contributed by atoms with Crippen LogP contribution in [-0.2, 0) is 9.53 Å². The number of methoxy groups -OCH3 is 1. The van der Waals surface area contributed by atoms with Crippen molar-refractivity contribution in [2.45, 2.75) is 6.04 Å². The molecule has 0 aliphatic carbocycles. The Balaban J connectivity index is 1.51. The topological polar surface area (TPSA) is 67.9 Å². The summed E-state index contributed by atoms with van der Waals surface area (Å²) in [4.78, 5) is 26.0. The first kappa shape index (κ1) is 19.0. The number of benzene rings is 3. The van der Waals surface area contributed by atoms with Gasteiger partial charge >= 0.3 is 5.97 Å². The highest BCUT2D eigenvalue weighted by Crippen LogP contribution is 2.23. The van der Waals surface area contributed by atoms with Gasteiger partial charge in [-0.3, -0.25) is 4.79 Å². The van der Waals surface area contributed by atoms with Crippen LogP contribution in [0.1, 0.15) is 10.4 Å². The van der Waals surface area contributed by atoms with Crippen molar-refractivity contribution in [3.8, 4) is 5.75 Å². The maximum atomic E-state index is 12.6. The fourth-order valence-corrected chi connectivity index (χ4v) is 3.54. The van der Waals surface area contributed by atoms with Crippen molar-refractivity contribution in [2.75, 3.05) is 31.7 Å². The molecule has 0 bridgehead atoms. The Hall–Kier alpha value is -3.38. The Kier molecular flexibility index (Phi) is 5.44. The molecule has 1 aliphatic heterocycles. The summed E-state index contributed by atoms with van der Waals surface area (Å²) in [5, 5.41) is 5.41. The molecule has 3 aromatic carbocycles. The zero-order valence-corrected chi connectivity index (χ0v) is 16.1. The minimum absolute atomic E-state index is 0.0332. The lowest BCUT2D eigenvalue weighted by atomic mass is 10.1. The molecule has 0 radical (unpaired) electrons. The third-order valence-electron chi connectivity index (χ3n) is 5.02. The largest absolute Gasteiger partial charge is 0.491 e. The summed E-state index contributed by atoms with van der Waals surface area (Å²) < 4.78 is 10.8. The lowest BCUT2D eigenvalue weighted by Crippen LogP contribution is -2.57. The smallest absolute Gasteiger partial charge is 0.337 e. The van der Waals surface area contributed by atoms with Gasteiger partial charge in [0.1, 0.15) is 12.4 Å². The number of fused-ring (bicyclic) bond motifs is 1. The van der Waals surface area contributed by atoms with Gasteiger partial charge in [0.25, 0.3) is 0 Å². The third-order valence-corrected chi connectivity index (χ3v) is 5.02.